The van der Waals surface area contributed by atoms with E-state index in [2.05, 4.69) is 21.3 Å². The average Bonchev–Trinajstić information content (AvgIpc) is 2.78. The molecule has 1 saturated heterocycles. The van der Waals surface area contributed by atoms with Crippen molar-refractivity contribution in [3.8, 4) is 11.8 Å². The Morgan fingerprint density at radius 3 is 2.94 bits per heavy atom. The molecule has 1 aliphatic heterocycles. The van der Waals surface area contributed by atoms with Crippen LogP contribution in [0.5, 0.6) is 5.75 Å². The fourth-order valence-corrected chi connectivity index (χ4v) is 4.34. The minimum atomic E-state index is -0.287. The quantitative estimate of drug-likeness (QED) is 0.598. The Morgan fingerprint density at radius 2 is 2.19 bits per heavy atom. The fourth-order valence-electron chi connectivity index (χ4n) is 4.06. The number of rotatable bonds is 6. The van der Waals surface area contributed by atoms with Crippen molar-refractivity contribution < 1.29 is 9.84 Å². The zero-order valence-electron chi connectivity index (χ0n) is 17.4. The number of halogens is 1. The molecule has 2 aromatic carbocycles. The molecule has 1 aromatic heterocycles. The van der Waals surface area contributed by atoms with E-state index in [1.807, 2.05) is 36.5 Å². The summed E-state index contributed by atoms with van der Waals surface area (Å²) < 4.78 is 5.24. The molecular formula is C24H25ClN4O2. The van der Waals surface area contributed by atoms with Crippen molar-refractivity contribution in [1.29, 1.82) is 5.26 Å². The molecule has 3 aromatic rings. The molecule has 1 fully saturated rings. The van der Waals surface area contributed by atoms with Crippen molar-refractivity contribution in [3.63, 3.8) is 0 Å². The Morgan fingerprint density at radius 1 is 1.32 bits per heavy atom. The third-order valence-electron chi connectivity index (χ3n) is 5.64. The van der Waals surface area contributed by atoms with Crippen molar-refractivity contribution in [2.75, 3.05) is 25.5 Å². The van der Waals surface area contributed by atoms with Crippen LogP contribution in [0.25, 0.3) is 10.9 Å². The number of hydrogen-bond donors (Lipinski definition) is 2. The Bertz CT molecular complexity index is 1130. The first-order valence-corrected chi connectivity index (χ1v) is 10.7. The molecule has 2 N–H and O–H groups in total. The molecule has 31 heavy (non-hydrogen) atoms. The van der Waals surface area contributed by atoms with Crippen LogP contribution in [-0.2, 0) is 13.1 Å². The van der Waals surface area contributed by atoms with E-state index in [4.69, 9.17) is 16.3 Å². The van der Waals surface area contributed by atoms with Crippen LogP contribution < -0.4 is 10.1 Å². The van der Waals surface area contributed by atoms with Crippen LogP contribution in [0, 0.1) is 11.3 Å². The number of hydrogen-bond acceptors (Lipinski definition) is 6. The van der Waals surface area contributed by atoms with Gasteiger partial charge in [0.15, 0.2) is 0 Å². The second kappa shape index (κ2) is 9.52. The van der Waals surface area contributed by atoms with E-state index in [-0.39, 0.29) is 6.10 Å². The number of β-amino-alcohol motifs (C(OH)–C–C–N with tert-alkyl or cyclic N) is 1. The minimum Gasteiger partial charge on any atom is -0.495 e. The summed E-state index contributed by atoms with van der Waals surface area (Å²) in [7, 11) is 1.60. The molecule has 0 saturated carbocycles. The number of benzene rings is 2. The zero-order chi connectivity index (χ0) is 21.8. The molecule has 6 nitrogen and oxygen atoms in total. The molecule has 0 amide bonds. The Labute approximate surface area is 187 Å². The monoisotopic (exact) mass is 436 g/mol. The lowest BCUT2D eigenvalue weighted by Crippen LogP contribution is -2.37. The Balaban J connectivity index is 1.67. The largest absolute Gasteiger partial charge is 0.495 e. The lowest BCUT2D eigenvalue weighted by molar-refractivity contribution is 0.0669. The standard InChI is InChI=1S/C24H25ClN4O2/c1-31-23-7-5-17(10-21(23)25)12-28-24-18(14-29-8-2-3-19(30)15-29)13-27-22-6-4-16(11-26)9-20(22)24/h4-7,9-10,13,19,30H,2-3,8,12,14-15H2,1H3,(H,27,28). The van der Waals surface area contributed by atoms with Crippen LogP contribution in [0.2, 0.25) is 5.02 Å². The van der Waals surface area contributed by atoms with Gasteiger partial charge in [0.2, 0.25) is 0 Å². The molecule has 0 radical (unpaired) electrons. The third-order valence-corrected chi connectivity index (χ3v) is 5.93. The van der Waals surface area contributed by atoms with Gasteiger partial charge in [-0.2, -0.15) is 5.26 Å². The smallest absolute Gasteiger partial charge is 0.137 e. The highest BCUT2D eigenvalue weighted by atomic mass is 35.5. The number of nitrogens with one attached hydrogen (secondary N) is 1. The fraction of sp³-hybridized carbons (Fsp3) is 0.333. The topological polar surface area (TPSA) is 81.4 Å². The molecule has 2 heterocycles. The number of aromatic nitrogens is 1. The van der Waals surface area contributed by atoms with Crippen LogP contribution in [0.1, 0.15) is 29.5 Å². The normalized spacial score (nSPS) is 16.8. The molecule has 0 spiro atoms. The van der Waals surface area contributed by atoms with Crippen molar-refractivity contribution in [2.45, 2.75) is 32.0 Å². The van der Waals surface area contributed by atoms with E-state index in [1.54, 1.807) is 13.2 Å². The third kappa shape index (κ3) is 4.91. The summed E-state index contributed by atoms with van der Waals surface area (Å²) in [5.41, 5.74) is 4.43. The second-order valence-electron chi connectivity index (χ2n) is 7.86. The molecule has 4 rings (SSSR count). The van der Waals surface area contributed by atoms with Crippen LogP contribution in [0.4, 0.5) is 5.69 Å². The number of piperidine rings is 1. The number of likely N-dealkylation sites (tertiary alicyclic amines) is 1. The van der Waals surface area contributed by atoms with Gasteiger partial charge in [0.05, 0.1) is 35.4 Å². The second-order valence-corrected chi connectivity index (χ2v) is 8.26. The summed E-state index contributed by atoms with van der Waals surface area (Å²) in [4.78, 5) is 6.87. The number of pyridine rings is 1. The number of nitriles is 1. The summed E-state index contributed by atoms with van der Waals surface area (Å²) in [6.07, 6.45) is 3.43. The van der Waals surface area contributed by atoms with Crippen LogP contribution >= 0.6 is 11.6 Å². The van der Waals surface area contributed by atoms with Gasteiger partial charge in [-0.25, -0.2) is 0 Å². The average molecular weight is 437 g/mol. The molecular weight excluding hydrogens is 412 g/mol. The lowest BCUT2D eigenvalue weighted by atomic mass is 10.0. The first-order valence-electron chi connectivity index (χ1n) is 10.4. The lowest BCUT2D eigenvalue weighted by Gasteiger charge is -2.30. The first-order chi connectivity index (χ1) is 15.1. The summed E-state index contributed by atoms with van der Waals surface area (Å²) in [5.74, 6) is 0.641. The van der Waals surface area contributed by atoms with Gasteiger partial charge in [0.1, 0.15) is 5.75 Å². The number of methoxy groups -OCH3 is 1. The van der Waals surface area contributed by atoms with E-state index < -0.39 is 0 Å². The van der Waals surface area contributed by atoms with Gasteiger partial charge in [0, 0.05) is 42.5 Å². The number of aliphatic hydroxyl groups is 1. The van der Waals surface area contributed by atoms with Gasteiger partial charge in [-0.3, -0.25) is 9.88 Å². The van der Waals surface area contributed by atoms with Gasteiger partial charge in [-0.05, 0) is 55.3 Å². The Hall–Kier alpha value is -2.85. The Kier molecular flexibility index (Phi) is 6.57. The number of ether oxygens (including phenoxy) is 1. The van der Waals surface area contributed by atoms with Gasteiger partial charge < -0.3 is 15.2 Å². The molecule has 160 valence electrons. The molecule has 1 aliphatic rings. The predicted molar refractivity (Wildman–Crippen MR) is 122 cm³/mol. The molecule has 0 bridgehead atoms. The summed E-state index contributed by atoms with van der Waals surface area (Å²) in [5, 5.41) is 24.5. The van der Waals surface area contributed by atoms with Gasteiger partial charge in [-0.1, -0.05) is 17.7 Å². The number of fused-ring (bicyclic) bond motifs is 1. The van der Waals surface area contributed by atoms with E-state index in [9.17, 15) is 10.4 Å². The molecule has 1 unspecified atom stereocenters. The maximum Gasteiger partial charge on any atom is 0.137 e. The maximum atomic E-state index is 10.1. The maximum absolute atomic E-state index is 10.1. The molecule has 0 aliphatic carbocycles. The summed E-state index contributed by atoms with van der Waals surface area (Å²) in [6, 6.07) is 13.5. The van der Waals surface area contributed by atoms with Gasteiger partial charge in [0.25, 0.3) is 0 Å². The van der Waals surface area contributed by atoms with Gasteiger partial charge >= 0.3 is 0 Å². The van der Waals surface area contributed by atoms with Gasteiger partial charge in [-0.15, -0.1) is 0 Å². The van der Waals surface area contributed by atoms with E-state index in [0.29, 0.717) is 36.0 Å². The van der Waals surface area contributed by atoms with E-state index >= 15 is 0 Å². The van der Waals surface area contributed by atoms with Crippen molar-refractivity contribution in [2.24, 2.45) is 0 Å². The molecule has 1 atom stereocenters. The SMILES string of the molecule is COc1ccc(CNc2c(CN3CCCC(O)C3)cnc3ccc(C#N)cc23)cc1Cl. The minimum absolute atomic E-state index is 0.287. The van der Waals surface area contributed by atoms with Crippen LogP contribution in [-0.4, -0.2) is 41.3 Å². The zero-order valence-corrected chi connectivity index (χ0v) is 18.2. The summed E-state index contributed by atoms with van der Waals surface area (Å²) >= 11 is 6.29. The highest BCUT2D eigenvalue weighted by Crippen LogP contribution is 2.30. The van der Waals surface area contributed by atoms with Crippen LogP contribution in [0.3, 0.4) is 0 Å². The van der Waals surface area contributed by atoms with Crippen molar-refractivity contribution >= 4 is 28.2 Å². The predicted octanol–water partition coefficient (Wildman–Crippen LogP) is 4.34. The number of aliphatic hydroxyl groups excluding tert-OH is 1. The first kappa shape index (κ1) is 21.4. The van der Waals surface area contributed by atoms with Crippen molar-refractivity contribution in [1.82, 2.24) is 9.88 Å². The number of anilines is 1. The van der Waals surface area contributed by atoms with E-state index in [0.717, 1.165) is 47.1 Å². The van der Waals surface area contributed by atoms with Crippen molar-refractivity contribution in [3.05, 3.63) is 64.3 Å². The van der Waals surface area contributed by atoms with E-state index in [1.165, 1.54) is 0 Å². The highest BCUT2D eigenvalue weighted by Gasteiger charge is 2.20. The number of nitrogens with zero attached hydrogens (tertiary/aromatic N) is 3. The molecule has 7 heteroatoms. The van der Waals surface area contributed by atoms with Crippen LogP contribution in [0.15, 0.2) is 42.6 Å². The highest BCUT2D eigenvalue weighted by molar-refractivity contribution is 6.32. The summed E-state index contributed by atoms with van der Waals surface area (Å²) in [6.45, 7) is 2.85.